The van der Waals surface area contributed by atoms with Crippen LogP contribution in [0.15, 0.2) is 24.3 Å². The van der Waals surface area contributed by atoms with Gasteiger partial charge in [-0.2, -0.15) is 0 Å². The lowest BCUT2D eigenvalue weighted by molar-refractivity contribution is 0.0836. The minimum absolute atomic E-state index is 0.264. The molecule has 1 aromatic carbocycles. The monoisotopic (exact) mass is 343 g/mol. The number of nitrogens with one attached hydrogen (secondary N) is 2. The third-order valence-electron chi connectivity index (χ3n) is 4.86. The number of aliphatic hydroxyl groups excluding tert-OH is 1. The molecule has 1 heterocycles. The summed E-state index contributed by atoms with van der Waals surface area (Å²) >= 11 is 0. The number of methoxy groups -OCH3 is 1. The zero-order chi connectivity index (χ0) is 17.8. The van der Waals surface area contributed by atoms with Crippen LogP contribution in [-0.2, 0) is 0 Å². The highest BCUT2D eigenvalue weighted by molar-refractivity contribution is 5.94. The number of aliphatic hydroxyl groups is 1. The Morgan fingerprint density at radius 1 is 1.44 bits per heavy atom. The fourth-order valence-corrected chi connectivity index (χ4v) is 3.38. The van der Waals surface area contributed by atoms with Crippen LogP contribution >= 0.6 is 0 Å². The molecule has 1 unspecified atom stereocenters. The molecular weight excluding hydrogens is 318 g/mol. The normalized spacial score (nSPS) is 16.0. The Labute approximate surface area is 147 Å². The number of carbonyl (C=O) groups is 1. The van der Waals surface area contributed by atoms with Gasteiger partial charge in [-0.15, -0.1) is 0 Å². The molecule has 1 aliphatic rings. The van der Waals surface area contributed by atoms with E-state index < -0.39 is 6.10 Å². The maximum atomic E-state index is 12.4. The molecule has 0 bridgehead atoms. The molecule has 25 heavy (non-hydrogen) atoms. The number of hydrogen-bond acceptors (Lipinski definition) is 4. The Morgan fingerprint density at radius 3 is 2.92 bits per heavy atom. The average Bonchev–Trinajstić information content (AvgIpc) is 3.29. The smallest absolute Gasteiger partial charge is 0.271 e. The summed E-state index contributed by atoms with van der Waals surface area (Å²) in [6, 6.07) is 7.51. The summed E-state index contributed by atoms with van der Waals surface area (Å²) in [6.45, 7) is 2.09. The van der Waals surface area contributed by atoms with E-state index in [9.17, 15) is 9.90 Å². The van der Waals surface area contributed by atoms with Crippen LogP contribution in [0, 0.1) is 12.8 Å². The quantitative estimate of drug-likeness (QED) is 0.752. The number of benzene rings is 1. The molecule has 6 nitrogen and oxygen atoms in total. The second-order valence-corrected chi connectivity index (χ2v) is 6.61. The average molecular weight is 343 g/mol. The van der Waals surface area contributed by atoms with E-state index in [1.807, 2.05) is 31.2 Å². The molecule has 0 saturated heterocycles. The van der Waals surface area contributed by atoms with Crippen molar-refractivity contribution in [3.63, 3.8) is 0 Å². The Bertz CT molecular complexity index is 735. The molecule has 1 amide bonds. The van der Waals surface area contributed by atoms with Gasteiger partial charge >= 0.3 is 0 Å². The lowest BCUT2D eigenvalue weighted by Crippen LogP contribution is -2.36. The first-order valence-electron chi connectivity index (χ1n) is 8.75. The summed E-state index contributed by atoms with van der Waals surface area (Å²) in [5, 5.41) is 13.0. The number of ether oxygens (including phenoxy) is 1. The molecular formula is C19H25N3O3. The maximum absolute atomic E-state index is 12.4. The summed E-state index contributed by atoms with van der Waals surface area (Å²) in [7, 11) is 1.61. The summed E-state index contributed by atoms with van der Waals surface area (Å²) < 4.78 is 5.23. The van der Waals surface area contributed by atoms with Crippen molar-refractivity contribution in [3.8, 4) is 17.1 Å². The summed E-state index contributed by atoms with van der Waals surface area (Å²) in [6.07, 6.45) is 3.93. The lowest BCUT2D eigenvalue weighted by Gasteiger charge is -2.17. The lowest BCUT2D eigenvalue weighted by atomic mass is 10.0. The van der Waals surface area contributed by atoms with Crippen molar-refractivity contribution in [3.05, 3.63) is 35.7 Å². The van der Waals surface area contributed by atoms with Gasteiger partial charge in [0.15, 0.2) is 0 Å². The molecule has 3 N–H and O–H groups in total. The first-order valence-corrected chi connectivity index (χ1v) is 8.75. The van der Waals surface area contributed by atoms with Crippen molar-refractivity contribution in [2.45, 2.75) is 38.7 Å². The number of hydrogen-bond donors (Lipinski definition) is 3. The van der Waals surface area contributed by atoms with E-state index in [2.05, 4.69) is 15.3 Å². The SMILES string of the molecule is COc1cccc(-c2nc(C(=O)NCC(O)C3CCCC3)c(C)[nH]2)c1. The van der Waals surface area contributed by atoms with Crippen LogP contribution in [0.25, 0.3) is 11.4 Å². The molecule has 6 heteroatoms. The second kappa shape index (κ2) is 7.70. The van der Waals surface area contributed by atoms with E-state index in [1.165, 1.54) is 0 Å². The molecule has 134 valence electrons. The second-order valence-electron chi connectivity index (χ2n) is 6.61. The van der Waals surface area contributed by atoms with Gasteiger partial charge < -0.3 is 20.1 Å². The van der Waals surface area contributed by atoms with Gasteiger partial charge in [-0.3, -0.25) is 4.79 Å². The highest BCUT2D eigenvalue weighted by atomic mass is 16.5. The van der Waals surface area contributed by atoms with Crippen LogP contribution in [-0.4, -0.2) is 40.7 Å². The zero-order valence-corrected chi connectivity index (χ0v) is 14.7. The molecule has 1 fully saturated rings. The van der Waals surface area contributed by atoms with Crippen molar-refractivity contribution in [2.24, 2.45) is 5.92 Å². The molecule has 1 aromatic heterocycles. The summed E-state index contributed by atoms with van der Waals surface area (Å²) in [5.41, 5.74) is 1.91. The van der Waals surface area contributed by atoms with Gasteiger partial charge in [0.05, 0.1) is 13.2 Å². The van der Waals surface area contributed by atoms with Crippen LogP contribution in [0.3, 0.4) is 0 Å². The van der Waals surface area contributed by atoms with E-state index in [-0.39, 0.29) is 12.5 Å². The van der Waals surface area contributed by atoms with Crippen LogP contribution in [0.1, 0.15) is 41.9 Å². The number of nitrogens with zero attached hydrogens (tertiary/aromatic N) is 1. The molecule has 2 aromatic rings. The fraction of sp³-hybridized carbons (Fsp3) is 0.474. The highest BCUT2D eigenvalue weighted by Crippen LogP contribution is 2.27. The van der Waals surface area contributed by atoms with E-state index in [4.69, 9.17) is 4.74 Å². The van der Waals surface area contributed by atoms with Crippen LogP contribution in [0.5, 0.6) is 5.75 Å². The third kappa shape index (κ3) is 4.02. The largest absolute Gasteiger partial charge is 0.497 e. The number of amides is 1. The van der Waals surface area contributed by atoms with E-state index in [0.29, 0.717) is 23.1 Å². The van der Waals surface area contributed by atoms with Gasteiger partial charge in [-0.1, -0.05) is 25.0 Å². The van der Waals surface area contributed by atoms with Gasteiger partial charge in [0.2, 0.25) is 0 Å². The molecule has 1 saturated carbocycles. The minimum atomic E-state index is -0.483. The molecule has 1 atom stereocenters. The van der Waals surface area contributed by atoms with Crippen molar-refractivity contribution in [1.82, 2.24) is 15.3 Å². The fourth-order valence-electron chi connectivity index (χ4n) is 3.38. The number of carbonyl (C=O) groups excluding carboxylic acids is 1. The Balaban J connectivity index is 1.67. The van der Waals surface area contributed by atoms with Gasteiger partial charge in [0.1, 0.15) is 17.3 Å². The summed E-state index contributed by atoms with van der Waals surface area (Å²) in [4.78, 5) is 20.0. The minimum Gasteiger partial charge on any atom is -0.497 e. The number of aryl methyl sites for hydroxylation is 1. The zero-order valence-electron chi connectivity index (χ0n) is 14.7. The first kappa shape index (κ1) is 17.5. The van der Waals surface area contributed by atoms with Gasteiger partial charge in [-0.25, -0.2) is 4.98 Å². The number of rotatable bonds is 6. The van der Waals surface area contributed by atoms with E-state index >= 15 is 0 Å². The predicted molar refractivity (Wildman–Crippen MR) is 95.6 cm³/mol. The van der Waals surface area contributed by atoms with E-state index in [0.717, 1.165) is 37.0 Å². The molecule has 0 spiro atoms. The number of imidazole rings is 1. The van der Waals surface area contributed by atoms with Gasteiger partial charge in [0.25, 0.3) is 5.91 Å². The molecule has 3 rings (SSSR count). The number of H-pyrrole nitrogens is 1. The molecule has 0 aliphatic heterocycles. The van der Waals surface area contributed by atoms with E-state index in [1.54, 1.807) is 7.11 Å². The van der Waals surface area contributed by atoms with Gasteiger partial charge in [0, 0.05) is 17.8 Å². The number of aromatic nitrogens is 2. The third-order valence-corrected chi connectivity index (χ3v) is 4.86. The van der Waals surface area contributed by atoms with Crippen molar-refractivity contribution in [2.75, 3.05) is 13.7 Å². The highest BCUT2D eigenvalue weighted by Gasteiger charge is 2.24. The van der Waals surface area contributed by atoms with Crippen molar-refractivity contribution in [1.29, 1.82) is 0 Å². The van der Waals surface area contributed by atoms with Crippen LogP contribution in [0.2, 0.25) is 0 Å². The maximum Gasteiger partial charge on any atom is 0.271 e. The topological polar surface area (TPSA) is 87.2 Å². The van der Waals surface area contributed by atoms with Crippen LogP contribution < -0.4 is 10.1 Å². The molecule has 0 radical (unpaired) electrons. The summed E-state index contributed by atoms with van der Waals surface area (Å²) in [5.74, 6) is 1.39. The van der Waals surface area contributed by atoms with Crippen molar-refractivity contribution >= 4 is 5.91 Å². The Morgan fingerprint density at radius 2 is 2.20 bits per heavy atom. The standard InChI is InChI=1S/C19H25N3O3/c1-12-17(19(24)20-11-16(23)13-6-3-4-7-13)22-18(21-12)14-8-5-9-15(10-14)25-2/h5,8-10,13,16,23H,3-4,6-7,11H2,1-2H3,(H,20,24)(H,21,22). The van der Waals surface area contributed by atoms with Crippen LogP contribution in [0.4, 0.5) is 0 Å². The Kier molecular flexibility index (Phi) is 5.38. The Hall–Kier alpha value is -2.34. The first-order chi connectivity index (χ1) is 12.1. The number of aromatic amines is 1. The van der Waals surface area contributed by atoms with Gasteiger partial charge in [-0.05, 0) is 37.8 Å². The molecule has 1 aliphatic carbocycles. The predicted octanol–water partition coefficient (Wildman–Crippen LogP) is 2.67. The van der Waals surface area contributed by atoms with Crippen molar-refractivity contribution < 1.29 is 14.6 Å².